The van der Waals surface area contributed by atoms with Crippen LogP contribution in [0.1, 0.15) is 36.5 Å². The quantitative estimate of drug-likeness (QED) is 0.358. The van der Waals surface area contributed by atoms with Crippen LogP contribution in [0.2, 0.25) is 5.02 Å². The molecule has 0 saturated carbocycles. The van der Waals surface area contributed by atoms with Gasteiger partial charge in [-0.2, -0.15) is 0 Å². The van der Waals surface area contributed by atoms with E-state index in [1.54, 1.807) is 36.4 Å². The molecule has 0 aliphatic heterocycles. The summed E-state index contributed by atoms with van der Waals surface area (Å²) in [5.41, 5.74) is 1.44. The van der Waals surface area contributed by atoms with Crippen molar-refractivity contribution >= 4 is 23.4 Å². The van der Waals surface area contributed by atoms with Crippen LogP contribution in [0.5, 0.6) is 0 Å². The minimum atomic E-state index is -1.92. The van der Waals surface area contributed by atoms with Crippen molar-refractivity contribution < 1.29 is 24.5 Å². The Morgan fingerprint density at radius 2 is 1.85 bits per heavy atom. The van der Waals surface area contributed by atoms with Crippen molar-refractivity contribution in [3.05, 3.63) is 94.8 Å². The first-order valence-corrected chi connectivity index (χ1v) is 11.0. The van der Waals surface area contributed by atoms with Crippen molar-refractivity contribution in [2.45, 2.75) is 31.8 Å². The van der Waals surface area contributed by atoms with Crippen molar-refractivity contribution in [2.75, 3.05) is 7.11 Å². The van der Waals surface area contributed by atoms with Crippen LogP contribution in [0.25, 0.3) is 11.1 Å². The zero-order valence-corrected chi connectivity index (χ0v) is 19.4. The molecule has 0 saturated heterocycles. The minimum Gasteiger partial charge on any atom is -0.497 e. The van der Waals surface area contributed by atoms with Crippen molar-refractivity contribution in [3.8, 4) is 11.1 Å². The van der Waals surface area contributed by atoms with Gasteiger partial charge in [-0.05, 0) is 55.2 Å². The van der Waals surface area contributed by atoms with Gasteiger partial charge in [0.25, 0.3) is 0 Å². The molecule has 2 aromatic rings. The number of carboxylic acids is 1. The van der Waals surface area contributed by atoms with Gasteiger partial charge in [0.15, 0.2) is 5.78 Å². The molecule has 0 radical (unpaired) electrons. The molecule has 172 valence electrons. The number of benzene rings is 2. The van der Waals surface area contributed by atoms with Gasteiger partial charge in [-0.25, -0.2) is 0 Å². The van der Waals surface area contributed by atoms with Gasteiger partial charge < -0.3 is 14.9 Å². The molecule has 0 heterocycles. The third-order valence-corrected chi connectivity index (χ3v) is 6.11. The SMILES string of the molecule is C=C(C)CCC1=C(OC)C=CC(C(=O)O)C1(O)CC(=O)c1cccc(-c2ccc(Cl)cc2)c1. The molecule has 0 amide bonds. The summed E-state index contributed by atoms with van der Waals surface area (Å²) in [6.07, 6.45) is 3.40. The second kappa shape index (κ2) is 10.2. The Labute approximate surface area is 198 Å². The molecule has 6 heteroatoms. The summed E-state index contributed by atoms with van der Waals surface area (Å²) in [5, 5.41) is 22.1. The lowest BCUT2D eigenvalue weighted by Crippen LogP contribution is -2.47. The predicted octanol–water partition coefficient (Wildman–Crippen LogP) is 5.84. The smallest absolute Gasteiger partial charge is 0.313 e. The molecular weight excluding hydrogens is 440 g/mol. The summed E-state index contributed by atoms with van der Waals surface area (Å²) in [7, 11) is 1.46. The number of hydrogen-bond acceptors (Lipinski definition) is 4. The molecule has 0 spiro atoms. The highest BCUT2D eigenvalue weighted by Gasteiger charge is 2.48. The zero-order valence-electron chi connectivity index (χ0n) is 18.7. The van der Waals surface area contributed by atoms with E-state index in [9.17, 15) is 19.8 Å². The maximum atomic E-state index is 13.3. The van der Waals surface area contributed by atoms with Crippen LogP contribution in [0, 0.1) is 5.92 Å². The molecule has 1 aliphatic carbocycles. The number of ether oxygens (including phenoxy) is 1. The number of rotatable bonds is 9. The highest BCUT2D eigenvalue weighted by Crippen LogP contribution is 2.41. The summed E-state index contributed by atoms with van der Waals surface area (Å²) in [6.45, 7) is 5.74. The number of carbonyl (C=O) groups is 2. The number of carboxylic acid groups (broad SMARTS) is 1. The molecule has 3 rings (SSSR count). The number of aliphatic hydroxyl groups is 1. The Balaban J connectivity index is 1.97. The lowest BCUT2D eigenvalue weighted by Gasteiger charge is -2.37. The lowest BCUT2D eigenvalue weighted by molar-refractivity contribution is -0.146. The van der Waals surface area contributed by atoms with Crippen LogP contribution in [0.3, 0.4) is 0 Å². The van der Waals surface area contributed by atoms with Crippen LogP contribution < -0.4 is 0 Å². The van der Waals surface area contributed by atoms with E-state index in [1.807, 2.05) is 25.1 Å². The molecule has 0 bridgehead atoms. The van der Waals surface area contributed by atoms with Gasteiger partial charge in [-0.15, -0.1) is 6.58 Å². The first-order valence-electron chi connectivity index (χ1n) is 10.6. The highest BCUT2D eigenvalue weighted by atomic mass is 35.5. The molecule has 2 aromatic carbocycles. The number of methoxy groups -OCH3 is 1. The van der Waals surface area contributed by atoms with Gasteiger partial charge in [-0.3, -0.25) is 9.59 Å². The lowest BCUT2D eigenvalue weighted by atomic mass is 9.71. The zero-order chi connectivity index (χ0) is 24.2. The van der Waals surface area contributed by atoms with Crippen LogP contribution in [-0.4, -0.2) is 34.7 Å². The molecule has 2 atom stereocenters. The normalized spacial score (nSPS) is 19.9. The molecular formula is C27H27ClO5. The fourth-order valence-electron chi connectivity index (χ4n) is 4.08. The molecule has 2 unspecified atom stereocenters. The van der Waals surface area contributed by atoms with Gasteiger partial charge in [-0.1, -0.05) is 53.6 Å². The topological polar surface area (TPSA) is 83.8 Å². The predicted molar refractivity (Wildman–Crippen MR) is 129 cm³/mol. The van der Waals surface area contributed by atoms with E-state index in [4.69, 9.17) is 16.3 Å². The van der Waals surface area contributed by atoms with Crippen molar-refractivity contribution in [1.82, 2.24) is 0 Å². The monoisotopic (exact) mass is 466 g/mol. The van der Waals surface area contributed by atoms with Gasteiger partial charge >= 0.3 is 5.97 Å². The first kappa shape index (κ1) is 24.5. The molecule has 5 nitrogen and oxygen atoms in total. The Bertz CT molecular complexity index is 1130. The van der Waals surface area contributed by atoms with Gasteiger partial charge in [0.2, 0.25) is 0 Å². The van der Waals surface area contributed by atoms with Gasteiger partial charge in [0, 0.05) is 22.6 Å². The third-order valence-electron chi connectivity index (χ3n) is 5.85. The number of ketones is 1. The van der Waals surface area contributed by atoms with Crippen molar-refractivity contribution in [3.63, 3.8) is 0 Å². The Kier molecular flexibility index (Phi) is 7.57. The van der Waals surface area contributed by atoms with Crippen molar-refractivity contribution in [1.29, 1.82) is 0 Å². The Hall–Kier alpha value is -3.15. The fraction of sp³-hybridized carbons (Fsp3) is 0.259. The van der Waals surface area contributed by atoms with E-state index in [0.717, 1.165) is 16.7 Å². The standard InChI is InChI=1S/C27H27ClO5/c1-17(2)7-12-22-25(33-3)14-13-23(26(30)31)27(22,32)16-24(29)20-6-4-5-19(15-20)18-8-10-21(28)11-9-18/h4-6,8-11,13-15,23,32H,1,7,12,16H2,2-3H3,(H,30,31). The Morgan fingerprint density at radius 1 is 1.15 bits per heavy atom. The van der Waals surface area contributed by atoms with E-state index in [1.165, 1.54) is 13.2 Å². The van der Waals surface area contributed by atoms with Crippen LogP contribution in [-0.2, 0) is 9.53 Å². The summed E-state index contributed by atoms with van der Waals surface area (Å²) < 4.78 is 5.42. The second-order valence-electron chi connectivity index (χ2n) is 8.29. The number of Topliss-reactive ketones (excluding diaryl/α,β-unsaturated/α-hetero) is 1. The van der Waals surface area contributed by atoms with E-state index in [2.05, 4.69) is 6.58 Å². The number of carbonyl (C=O) groups excluding carboxylic acids is 1. The minimum absolute atomic E-state index is 0.335. The van der Waals surface area contributed by atoms with Gasteiger partial charge in [0.1, 0.15) is 17.3 Å². The van der Waals surface area contributed by atoms with E-state index >= 15 is 0 Å². The summed E-state index contributed by atoms with van der Waals surface area (Å²) in [4.78, 5) is 25.3. The largest absolute Gasteiger partial charge is 0.497 e. The maximum absolute atomic E-state index is 13.3. The maximum Gasteiger partial charge on any atom is 0.313 e. The molecule has 0 fully saturated rings. The summed E-state index contributed by atoms with van der Waals surface area (Å²) in [5.74, 6) is -2.48. The van der Waals surface area contributed by atoms with Crippen LogP contribution >= 0.6 is 11.6 Å². The molecule has 0 aromatic heterocycles. The Morgan fingerprint density at radius 3 is 2.45 bits per heavy atom. The van der Waals surface area contributed by atoms with E-state index < -0.39 is 23.9 Å². The van der Waals surface area contributed by atoms with E-state index in [0.29, 0.717) is 34.8 Å². The second-order valence-corrected chi connectivity index (χ2v) is 8.73. The number of halogens is 1. The molecule has 2 N–H and O–H groups in total. The third kappa shape index (κ3) is 5.44. The summed E-state index contributed by atoms with van der Waals surface area (Å²) in [6, 6.07) is 14.3. The number of allylic oxidation sites excluding steroid dienone is 2. The van der Waals surface area contributed by atoms with Crippen molar-refractivity contribution in [2.24, 2.45) is 5.92 Å². The summed E-state index contributed by atoms with van der Waals surface area (Å²) >= 11 is 5.97. The average Bonchev–Trinajstić information content (AvgIpc) is 2.78. The molecule has 1 aliphatic rings. The van der Waals surface area contributed by atoms with E-state index in [-0.39, 0.29) is 5.78 Å². The first-order chi connectivity index (χ1) is 15.7. The van der Waals surface area contributed by atoms with Crippen LogP contribution in [0.4, 0.5) is 0 Å². The number of aliphatic carboxylic acids is 1. The van der Waals surface area contributed by atoms with Crippen LogP contribution in [0.15, 0.2) is 84.2 Å². The average molecular weight is 467 g/mol. The number of hydrogen-bond donors (Lipinski definition) is 2. The van der Waals surface area contributed by atoms with Gasteiger partial charge in [0.05, 0.1) is 7.11 Å². The molecule has 33 heavy (non-hydrogen) atoms. The highest BCUT2D eigenvalue weighted by molar-refractivity contribution is 6.30. The fourth-order valence-corrected chi connectivity index (χ4v) is 4.20.